The van der Waals surface area contributed by atoms with Gasteiger partial charge in [0, 0.05) is 30.7 Å². The van der Waals surface area contributed by atoms with Crippen LogP contribution < -0.4 is 21.7 Å². The monoisotopic (exact) mass is 507 g/mol. The summed E-state index contributed by atoms with van der Waals surface area (Å²) in [5.74, 6) is -2.84. The zero-order chi connectivity index (χ0) is 26.2. The standard InChI is InChI=1S/C23H33N5O6S/c1-23(2)19(22(33)34)28(3)21(35-23)18(27-17(31)13-14-7-5-4-6-8-14)20(32)26-12-11-25-16(30)10-9-15(24)29/h4-8,18-19,21H,9-13H2,1-3H3,(H2,24,29)(H,25,30)(H,26,32)(H,27,31)(H,33,34). The molecule has 0 aliphatic carbocycles. The van der Waals surface area contributed by atoms with Gasteiger partial charge in [0.05, 0.1) is 11.8 Å². The van der Waals surface area contributed by atoms with E-state index in [0.717, 1.165) is 5.56 Å². The lowest BCUT2D eigenvalue weighted by molar-refractivity contribution is -0.144. The number of benzene rings is 1. The summed E-state index contributed by atoms with van der Waals surface area (Å²) in [5, 5.41) is 17.1. The summed E-state index contributed by atoms with van der Waals surface area (Å²) in [4.78, 5) is 61.9. The zero-order valence-electron chi connectivity index (χ0n) is 20.1. The number of carboxylic acids is 1. The molecular weight excluding hydrogens is 474 g/mol. The number of hydrogen-bond donors (Lipinski definition) is 5. The molecule has 1 aromatic rings. The fraction of sp³-hybridized carbons (Fsp3) is 0.522. The molecule has 0 radical (unpaired) electrons. The van der Waals surface area contributed by atoms with Crippen LogP contribution in [0, 0.1) is 0 Å². The van der Waals surface area contributed by atoms with E-state index in [1.807, 2.05) is 18.2 Å². The van der Waals surface area contributed by atoms with Crippen molar-refractivity contribution in [2.45, 2.75) is 55.3 Å². The molecule has 1 aromatic carbocycles. The molecule has 2 rings (SSSR count). The van der Waals surface area contributed by atoms with Crippen LogP contribution in [0.1, 0.15) is 32.3 Å². The molecular formula is C23H33N5O6S. The molecule has 1 fully saturated rings. The van der Waals surface area contributed by atoms with E-state index in [1.165, 1.54) is 11.8 Å². The van der Waals surface area contributed by atoms with Gasteiger partial charge in [-0.1, -0.05) is 30.3 Å². The van der Waals surface area contributed by atoms with E-state index in [9.17, 15) is 29.1 Å². The minimum Gasteiger partial charge on any atom is -0.480 e. The fourth-order valence-corrected chi connectivity index (χ4v) is 5.60. The quantitative estimate of drug-likeness (QED) is 0.235. The third kappa shape index (κ3) is 8.25. The Bertz CT molecular complexity index is 942. The topological polar surface area (TPSA) is 171 Å². The summed E-state index contributed by atoms with van der Waals surface area (Å²) in [7, 11) is 1.62. The largest absolute Gasteiger partial charge is 0.480 e. The minimum absolute atomic E-state index is 0.0450. The van der Waals surface area contributed by atoms with Crippen molar-refractivity contribution >= 4 is 41.4 Å². The van der Waals surface area contributed by atoms with E-state index in [-0.39, 0.29) is 44.2 Å². The Morgan fingerprint density at radius 2 is 1.69 bits per heavy atom. The molecule has 192 valence electrons. The van der Waals surface area contributed by atoms with Gasteiger partial charge in [-0.3, -0.25) is 28.9 Å². The lowest BCUT2D eigenvalue weighted by Crippen LogP contribution is -2.57. The van der Waals surface area contributed by atoms with Gasteiger partial charge in [-0.25, -0.2) is 0 Å². The number of rotatable bonds is 12. The number of nitrogens with zero attached hydrogens (tertiary/aromatic N) is 1. The Labute approximate surface area is 208 Å². The molecule has 11 nitrogen and oxygen atoms in total. The van der Waals surface area contributed by atoms with Crippen molar-refractivity contribution in [3.05, 3.63) is 35.9 Å². The summed E-state index contributed by atoms with van der Waals surface area (Å²) in [6, 6.07) is 7.17. The highest BCUT2D eigenvalue weighted by molar-refractivity contribution is 8.01. The maximum absolute atomic E-state index is 13.1. The van der Waals surface area contributed by atoms with Gasteiger partial charge in [0.1, 0.15) is 12.1 Å². The first-order chi connectivity index (χ1) is 16.4. The molecule has 1 aliphatic rings. The van der Waals surface area contributed by atoms with Crippen LogP contribution in [0.5, 0.6) is 0 Å². The fourth-order valence-electron chi connectivity index (χ4n) is 3.97. The van der Waals surface area contributed by atoms with Crippen LogP contribution in [-0.4, -0.2) is 81.9 Å². The number of primary amides is 1. The number of carboxylic acid groups (broad SMARTS) is 1. The molecule has 1 heterocycles. The van der Waals surface area contributed by atoms with Gasteiger partial charge in [-0.15, -0.1) is 11.8 Å². The summed E-state index contributed by atoms with van der Waals surface area (Å²) >= 11 is 1.31. The Hall–Kier alpha value is -3.12. The van der Waals surface area contributed by atoms with E-state index >= 15 is 0 Å². The lowest BCUT2D eigenvalue weighted by atomic mass is 10.0. The van der Waals surface area contributed by atoms with Gasteiger partial charge in [-0.2, -0.15) is 0 Å². The SMILES string of the molecule is CN1C(C(NC(=O)Cc2ccccc2)C(=O)NCCNC(=O)CCC(N)=O)SC(C)(C)C1C(=O)O. The highest BCUT2D eigenvalue weighted by atomic mass is 32.2. The van der Waals surface area contributed by atoms with Crippen LogP contribution in [0.2, 0.25) is 0 Å². The number of carbonyl (C=O) groups excluding carboxylic acids is 4. The second-order valence-corrected chi connectivity index (χ2v) is 10.6. The van der Waals surface area contributed by atoms with E-state index in [4.69, 9.17) is 5.73 Å². The van der Waals surface area contributed by atoms with Crippen molar-refractivity contribution in [1.29, 1.82) is 0 Å². The Morgan fingerprint density at radius 3 is 2.26 bits per heavy atom. The normalized spacial score (nSPS) is 20.0. The van der Waals surface area contributed by atoms with Crippen molar-refractivity contribution in [2.24, 2.45) is 5.73 Å². The first-order valence-corrected chi connectivity index (χ1v) is 12.1. The molecule has 12 heteroatoms. The number of likely N-dealkylation sites (N-methyl/N-ethyl adjacent to an activating group) is 1. The predicted molar refractivity (Wildman–Crippen MR) is 131 cm³/mol. The van der Waals surface area contributed by atoms with Crippen LogP contribution >= 0.6 is 11.8 Å². The third-order valence-corrected chi connectivity index (χ3v) is 7.24. The second-order valence-electron chi connectivity index (χ2n) is 8.83. The Kier molecular flexibility index (Phi) is 10.1. The number of thioether (sulfide) groups is 1. The second kappa shape index (κ2) is 12.5. The van der Waals surface area contributed by atoms with Crippen LogP contribution in [0.3, 0.4) is 0 Å². The first kappa shape index (κ1) is 28.1. The molecule has 0 aromatic heterocycles. The van der Waals surface area contributed by atoms with Crippen LogP contribution in [0.4, 0.5) is 0 Å². The average molecular weight is 508 g/mol. The number of amides is 4. The van der Waals surface area contributed by atoms with Crippen LogP contribution in [0.25, 0.3) is 0 Å². The van der Waals surface area contributed by atoms with Gasteiger partial charge in [0.2, 0.25) is 23.6 Å². The lowest BCUT2D eigenvalue weighted by Gasteiger charge is -2.29. The number of nitrogens with two attached hydrogens (primary N) is 1. The first-order valence-electron chi connectivity index (χ1n) is 11.2. The van der Waals surface area contributed by atoms with Gasteiger partial charge >= 0.3 is 5.97 Å². The molecule has 0 bridgehead atoms. The summed E-state index contributed by atoms with van der Waals surface area (Å²) in [5.41, 5.74) is 5.80. The van der Waals surface area contributed by atoms with E-state index in [1.54, 1.807) is 37.9 Å². The smallest absolute Gasteiger partial charge is 0.322 e. The molecule has 3 unspecified atom stereocenters. The molecule has 1 aliphatic heterocycles. The molecule has 0 saturated carbocycles. The maximum Gasteiger partial charge on any atom is 0.322 e. The number of nitrogens with one attached hydrogen (secondary N) is 3. The predicted octanol–water partition coefficient (Wildman–Crippen LogP) is -0.552. The Morgan fingerprint density at radius 1 is 1.06 bits per heavy atom. The van der Waals surface area contributed by atoms with E-state index in [0.29, 0.717) is 0 Å². The van der Waals surface area contributed by atoms with E-state index in [2.05, 4.69) is 16.0 Å². The summed E-state index contributed by atoms with van der Waals surface area (Å²) < 4.78 is -0.706. The van der Waals surface area contributed by atoms with Gasteiger partial charge < -0.3 is 26.8 Å². The van der Waals surface area contributed by atoms with Gasteiger partial charge in [-0.05, 0) is 26.5 Å². The minimum atomic E-state index is -1.03. The van der Waals surface area contributed by atoms with Crippen molar-refractivity contribution in [3.8, 4) is 0 Å². The Balaban J connectivity index is 2.07. The molecule has 1 saturated heterocycles. The highest BCUT2D eigenvalue weighted by Gasteiger charge is 2.53. The molecule has 0 spiro atoms. The zero-order valence-corrected chi connectivity index (χ0v) is 20.9. The molecule has 6 N–H and O–H groups in total. The van der Waals surface area contributed by atoms with E-state index < -0.39 is 40.0 Å². The van der Waals surface area contributed by atoms with Gasteiger partial charge in [0.15, 0.2) is 0 Å². The van der Waals surface area contributed by atoms with Crippen LogP contribution in [0.15, 0.2) is 30.3 Å². The molecule has 3 atom stereocenters. The maximum atomic E-state index is 13.1. The highest BCUT2D eigenvalue weighted by Crippen LogP contribution is 2.44. The molecule has 35 heavy (non-hydrogen) atoms. The number of aliphatic carboxylic acids is 1. The van der Waals surface area contributed by atoms with Crippen LogP contribution in [-0.2, 0) is 30.4 Å². The third-order valence-electron chi connectivity index (χ3n) is 5.56. The summed E-state index contributed by atoms with van der Waals surface area (Å²) in [6.45, 7) is 3.77. The van der Waals surface area contributed by atoms with Crippen molar-refractivity contribution in [3.63, 3.8) is 0 Å². The van der Waals surface area contributed by atoms with Gasteiger partial charge in [0.25, 0.3) is 0 Å². The van der Waals surface area contributed by atoms with Crippen molar-refractivity contribution in [2.75, 3.05) is 20.1 Å². The summed E-state index contributed by atoms with van der Waals surface area (Å²) in [6.07, 6.45) is -0.0521. The van der Waals surface area contributed by atoms with Crippen molar-refractivity contribution < 1.29 is 29.1 Å². The average Bonchev–Trinajstić information content (AvgIpc) is 3.02. The van der Waals surface area contributed by atoms with Crippen molar-refractivity contribution in [1.82, 2.24) is 20.9 Å². The molecule has 4 amide bonds. The number of hydrogen-bond acceptors (Lipinski definition) is 7. The number of carbonyl (C=O) groups is 5.